The lowest BCUT2D eigenvalue weighted by Gasteiger charge is -2.49. The molecule has 2 unspecified atom stereocenters. The average molecular weight is 266 g/mol. The van der Waals surface area contributed by atoms with Crippen molar-refractivity contribution in [1.29, 1.82) is 0 Å². The largest absolute Gasteiger partial charge is 0.377 e. The SMILES string of the molecule is CNC1CC2CCCC(C1)N2CCOC1CCCC1. The Morgan fingerprint density at radius 2 is 1.68 bits per heavy atom. The van der Waals surface area contributed by atoms with Crippen molar-refractivity contribution in [2.45, 2.75) is 82.0 Å². The molecular formula is C16H30N2O. The normalized spacial score (nSPS) is 36.8. The summed E-state index contributed by atoms with van der Waals surface area (Å²) < 4.78 is 6.07. The van der Waals surface area contributed by atoms with E-state index in [9.17, 15) is 0 Å². The van der Waals surface area contributed by atoms with E-state index in [1.807, 2.05) is 0 Å². The van der Waals surface area contributed by atoms with Crippen LogP contribution in [0.2, 0.25) is 0 Å². The van der Waals surface area contributed by atoms with Gasteiger partial charge < -0.3 is 10.1 Å². The molecule has 3 fully saturated rings. The highest BCUT2D eigenvalue weighted by molar-refractivity contribution is 4.94. The van der Waals surface area contributed by atoms with Gasteiger partial charge in [-0.15, -0.1) is 0 Å². The van der Waals surface area contributed by atoms with Crippen molar-refractivity contribution in [1.82, 2.24) is 10.2 Å². The number of ether oxygens (including phenoxy) is 1. The molecule has 0 amide bonds. The van der Waals surface area contributed by atoms with Crippen LogP contribution in [0.5, 0.6) is 0 Å². The van der Waals surface area contributed by atoms with Crippen LogP contribution in [0.4, 0.5) is 0 Å². The van der Waals surface area contributed by atoms with E-state index >= 15 is 0 Å². The van der Waals surface area contributed by atoms with Crippen LogP contribution >= 0.6 is 0 Å². The number of nitrogens with one attached hydrogen (secondary N) is 1. The van der Waals surface area contributed by atoms with Crippen molar-refractivity contribution in [3.8, 4) is 0 Å². The van der Waals surface area contributed by atoms with E-state index in [-0.39, 0.29) is 0 Å². The Morgan fingerprint density at radius 3 is 2.32 bits per heavy atom. The van der Waals surface area contributed by atoms with Gasteiger partial charge in [0.15, 0.2) is 0 Å². The summed E-state index contributed by atoms with van der Waals surface area (Å²) in [4.78, 5) is 2.77. The van der Waals surface area contributed by atoms with Gasteiger partial charge in [0.1, 0.15) is 0 Å². The molecule has 3 nitrogen and oxygen atoms in total. The number of nitrogens with zero attached hydrogens (tertiary/aromatic N) is 1. The Kier molecular flexibility index (Phi) is 4.78. The van der Waals surface area contributed by atoms with Crippen molar-refractivity contribution >= 4 is 0 Å². The van der Waals surface area contributed by atoms with Crippen LogP contribution in [0.25, 0.3) is 0 Å². The van der Waals surface area contributed by atoms with E-state index in [2.05, 4.69) is 17.3 Å². The molecular weight excluding hydrogens is 236 g/mol. The molecule has 1 N–H and O–H groups in total. The third-order valence-corrected chi connectivity index (χ3v) is 5.54. The molecule has 2 saturated heterocycles. The monoisotopic (exact) mass is 266 g/mol. The highest BCUT2D eigenvalue weighted by atomic mass is 16.5. The van der Waals surface area contributed by atoms with Gasteiger partial charge in [-0.25, -0.2) is 0 Å². The van der Waals surface area contributed by atoms with Crippen LogP contribution in [-0.4, -0.2) is 49.3 Å². The summed E-state index contributed by atoms with van der Waals surface area (Å²) in [5, 5.41) is 3.50. The van der Waals surface area contributed by atoms with Crippen molar-refractivity contribution in [3.63, 3.8) is 0 Å². The zero-order valence-electron chi connectivity index (χ0n) is 12.4. The summed E-state index contributed by atoms with van der Waals surface area (Å²) in [6.07, 6.45) is 12.9. The maximum atomic E-state index is 6.07. The molecule has 2 heterocycles. The topological polar surface area (TPSA) is 24.5 Å². The summed E-state index contributed by atoms with van der Waals surface area (Å²) >= 11 is 0. The van der Waals surface area contributed by atoms with Crippen LogP contribution in [0, 0.1) is 0 Å². The number of fused-ring (bicyclic) bond motifs is 2. The Morgan fingerprint density at radius 1 is 1.00 bits per heavy atom. The minimum absolute atomic E-state index is 0.578. The fourth-order valence-electron chi connectivity index (χ4n) is 4.46. The van der Waals surface area contributed by atoms with E-state index < -0.39 is 0 Å². The summed E-state index contributed by atoms with van der Waals surface area (Å²) in [7, 11) is 2.12. The number of hydrogen-bond acceptors (Lipinski definition) is 3. The lowest BCUT2D eigenvalue weighted by molar-refractivity contribution is -0.0165. The molecule has 1 saturated carbocycles. The minimum Gasteiger partial charge on any atom is -0.377 e. The number of piperidine rings is 2. The number of rotatable bonds is 5. The van der Waals surface area contributed by atoms with Crippen LogP contribution in [-0.2, 0) is 4.74 Å². The van der Waals surface area contributed by atoms with Gasteiger partial charge in [-0.1, -0.05) is 19.3 Å². The molecule has 2 aliphatic heterocycles. The van der Waals surface area contributed by atoms with Gasteiger partial charge in [0.2, 0.25) is 0 Å². The first-order chi connectivity index (χ1) is 9.36. The van der Waals surface area contributed by atoms with E-state index in [1.165, 1.54) is 64.3 Å². The fourth-order valence-corrected chi connectivity index (χ4v) is 4.46. The lowest BCUT2D eigenvalue weighted by atomic mass is 9.82. The second kappa shape index (κ2) is 6.55. The predicted molar refractivity (Wildman–Crippen MR) is 78.4 cm³/mol. The van der Waals surface area contributed by atoms with E-state index in [0.29, 0.717) is 6.10 Å². The second-order valence-electron chi connectivity index (χ2n) is 6.71. The third-order valence-electron chi connectivity index (χ3n) is 5.54. The van der Waals surface area contributed by atoms with Gasteiger partial charge in [-0.2, -0.15) is 0 Å². The Balaban J connectivity index is 1.46. The highest BCUT2D eigenvalue weighted by Crippen LogP contribution is 2.33. The van der Waals surface area contributed by atoms with Crippen molar-refractivity contribution in [2.75, 3.05) is 20.2 Å². The van der Waals surface area contributed by atoms with Crippen LogP contribution < -0.4 is 5.32 Å². The zero-order chi connectivity index (χ0) is 13.1. The zero-order valence-corrected chi connectivity index (χ0v) is 12.4. The smallest absolute Gasteiger partial charge is 0.0597 e. The standard InChI is InChI=1S/C16H30N2O/c1-17-13-11-14-5-4-6-15(12-13)18(14)9-10-19-16-7-2-3-8-16/h13-17H,2-12H2,1H3. The lowest BCUT2D eigenvalue weighted by Crippen LogP contribution is -2.56. The Labute approximate surface area is 118 Å². The highest BCUT2D eigenvalue weighted by Gasteiger charge is 2.37. The van der Waals surface area contributed by atoms with E-state index in [0.717, 1.165) is 24.7 Å². The predicted octanol–water partition coefficient (Wildman–Crippen LogP) is 2.55. The van der Waals surface area contributed by atoms with Gasteiger partial charge in [0, 0.05) is 24.7 Å². The first-order valence-electron chi connectivity index (χ1n) is 8.41. The summed E-state index contributed by atoms with van der Waals surface area (Å²) in [6, 6.07) is 2.39. The van der Waals surface area contributed by atoms with Gasteiger partial charge in [-0.3, -0.25) is 4.90 Å². The van der Waals surface area contributed by atoms with Crippen LogP contribution in [0.1, 0.15) is 57.8 Å². The van der Waals surface area contributed by atoms with E-state index in [4.69, 9.17) is 4.74 Å². The molecule has 2 atom stereocenters. The van der Waals surface area contributed by atoms with E-state index in [1.54, 1.807) is 0 Å². The Hall–Kier alpha value is -0.120. The van der Waals surface area contributed by atoms with Crippen molar-refractivity contribution < 1.29 is 4.74 Å². The molecule has 3 heteroatoms. The van der Waals surface area contributed by atoms with Crippen molar-refractivity contribution in [3.05, 3.63) is 0 Å². The average Bonchev–Trinajstić information content (AvgIpc) is 2.91. The molecule has 0 aromatic rings. The van der Waals surface area contributed by atoms with Gasteiger partial charge in [-0.05, 0) is 45.6 Å². The molecule has 0 aromatic heterocycles. The van der Waals surface area contributed by atoms with Crippen molar-refractivity contribution in [2.24, 2.45) is 0 Å². The summed E-state index contributed by atoms with van der Waals surface area (Å²) in [6.45, 7) is 2.13. The quantitative estimate of drug-likeness (QED) is 0.827. The minimum atomic E-state index is 0.578. The maximum absolute atomic E-state index is 6.07. The molecule has 0 aromatic carbocycles. The van der Waals surface area contributed by atoms with Gasteiger partial charge in [0.05, 0.1) is 12.7 Å². The van der Waals surface area contributed by atoms with Gasteiger partial charge in [0.25, 0.3) is 0 Å². The molecule has 1 aliphatic carbocycles. The third kappa shape index (κ3) is 3.32. The Bertz CT molecular complexity index is 264. The van der Waals surface area contributed by atoms with Crippen LogP contribution in [0.3, 0.4) is 0 Å². The van der Waals surface area contributed by atoms with Gasteiger partial charge >= 0.3 is 0 Å². The maximum Gasteiger partial charge on any atom is 0.0597 e. The first kappa shape index (κ1) is 13.8. The molecule has 0 radical (unpaired) electrons. The molecule has 3 rings (SSSR count). The molecule has 110 valence electrons. The first-order valence-corrected chi connectivity index (χ1v) is 8.41. The van der Waals surface area contributed by atoms with Crippen LogP contribution in [0.15, 0.2) is 0 Å². The molecule has 3 aliphatic rings. The molecule has 19 heavy (non-hydrogen) atoms. The number of hydrogen-bond donors (Lipinski definition) is 1. The molecule has 0 spiro atoms. The summed E-state index contributed by atoms with van der Waals surface area (Å²) in [5.41, 5.74) is 0. The summed E-state index contributed by atoms with van der Waals surface area (Å²) in [5.74, 6) is 0. The molecule has 2 bridgehead atoms. The second-order valence-corrected chi connectivity index (χ2v) is 6.71. The fraction of sp³-hybridized carbons (Fsp3) is 1.00.